The summed E-state index contributed by atoms with van der Waals surface area (Å²) in [5.74, 6) is -1.03. The summed E-state index contributed by atoms with van der Waals surface area (Å²) in [6.45, 7) is 2.31. The van der Waals surface area contributed by atoms with Gasteiger partial charge in [0.2, 0.25) is 0 Å². The Balaban J connectivity index is 1.29. The molecule has 1 heterocycles. The van der Waals surface area contributed by atoms with E-state index in [1.165, 1.54) is 7.11 Å². The van der Waals surface area contributed by atoms with Crippen molar-refractivity contribution in [2.75, 3.05) is 38.7 Å². The van der Waals surface area contributed by atoms with Crippen LogP contribution in [0.25, 0.3) is 0 Å². The van der Waals surface area contributed by atoms with Gasteiger partial charge < -0.3 is 25.0 Å². The van der Waals surface area contributed by atoms with E-state index in [4.69, 9.17) is 21.1 Å². The van der Waals surface area contributed by atoms with Gasteiger partial charge in [-0.15, -0.1) is 0 Å². The van der Waals surface area contributed by atoms with Crippen molar-refractivity contribution in [2.24, 2.45) is 0 Å². The molecule has 42 heavy (non-hydrogen) atoms. The zero-order valence-electron chi connectivity index (χ0n) is 23.5. The highest BCUT2D eigenvalue weighted by Gasteiger charge is 2.19. The van der Waals surface area contributed by atoms with Crippen molar-refractivity contribution >= 4 is 40.9 Å². The second-order valence-electron chi connectivity index (χ2n) is 9.92. The number of methoxy groups -OCH3 is 1. The fraction of sp³-hybridized carbons (Fsp3) is 0.312. The summed E-state index contributed by atoms with van der Waals surface area (Å²) in [5, 5.41) is 6.95. The van der Waals surface area contributed by atoms with Crippen molar-refractivity contribution in [3.8, 4) is 0 Å². The summed E-state index contributed by atoms with van der Waals surface area (Å²) >= 11 is 5.85. The largest absolute Gasteiger partial charge is 0.465 e. The van der Waals surface area contributed by atoms with E-state index in [9.17, 15) is 19.2 Å². The Kier molecular flexibility index (Phi) is 11.1. The molecule has 3 aromatic rings. The highest BCUT2D eigenvalue weighted by atomic mass is 35.5. The average molecular weight is 592 g/mol. The van der Waals surface area contributed by atoms with E-state index in [1.54, 1.807) is 42.5 Å². The van der Waals surface area contributed by atoms with Crippen molar-refractivity contribution in [3.05, 3.63) is 99.6 Å². The molecule has 0 saturated carbocycles. The number of ether oxygens (including phenoxy) is 2. The fourth-order valence-electron chi connectivity index (χ4n) is 4.59. The Bertz CT molecular complexity index is 1400. The predicted octanol–water partition coefficient (Wildman–Crippen LogP) is 4.88. The quantitative estimate of drug-likeness (QED) is 0.214. The molecule has 1 fully saturated rings. The molecule has 0 radical (unpaired) electrons. The first-order chi connectivity index (χ1) is 20.3. The van der Waals surface area contributed by atoms with Gasteiger partial charge in [0.05, 0.1) is 25.8 Å². The summed E-state index contributed by atoms with van der Waals surface area (Å²) in [4.78, 5) is 51.1. The van der Waals surface area contributed by atoms with E-state index in [-0.39, 0.29) is 31.3 Å². The SMILES string of the molecule is COC(=O)c1ccc(CNCC(=O)OCCC(=O)c2ccc(Cl)cc2)c(NCc2ccc(C(=O)N3CCCC3)cc2)c1. The molecule has 1 aliphatic heterocycles. The van der Waals surface area contributed by atoms with Crippen molar-refractivity contribution in [2.45, 2.75) is 32.4 Å². The number of likely N-dealkylation sites (tertiary alicyclic amines) is 1. The third-order valence-corrected chi connectivity index (χ3v) is 7.20. The summed E-state index contributed by atoms with van der Waals surface area (Å²) in [6, 6.07) is 19.2. The molecule has 0 spiro atoms. The van der Waals surface area contributed by atoms with Crippen LogP contribution in [0.2, 0.25) is 5.02 Å². The molecular weight excluding hydrogens is 558 g/mol. The van der Waals surface area contributed by atoms with Crippen molar-refractivity contribution < 1.29 is 28.7 Å². The van der Waals surface area contributed by atoms with Crippen LogP contribution in [-0.2, 0) is 27.4 Å². The van der Waals surface area contributed by atoms with Crippen molar-refractivity contribution in [1.29, 1.82) is 0 Å². The van der Waals surface area contributed by atoms with Crippen LogP contribution in [0.4, 0.5) is 5.69 Å². The molecule has 10 heteroatoms. The Morgan fingerprint density at radius 3 is 2.21 bits per heavy atom. The fourth-order valence-corrected chi connectivity index (χ4v) is 4.72. The lowest BCUT2D eigenvalue weighted by Gasteiger charge is -2.16. The van der Waals surface area contributed by atoms with Gasteiger partial charge in [-0.1, -0.05) is 29.8 Å². The predicted molar refractivity (Wildman–Crippen MR) is 160 cm³/mol. The monoisotopic (exact) mass is 591 g/mol. The molecule has 220 valence electrons. The maximum Gasteiger partial charge on any atom is 0.337 e. The third kappa shape index (κ3) is 8.64. The molecule has 0 aromatic heterocycles. The number of esters is 2. The van der Waals surface area contributed by atoms with Crippen LogP contribution in [-0.4, -0.2) is 61.9 Å². The van der Waals surface area contributed by atoms with Gasteiger partial charge >= 0.3 is 11.9 Å². The molecule has 9 nitrogen and oxygen atoms in total. The maximum atomic E-state index is 12.6. The van der Waals surface area contributed by atoms with Crippen LogP contribution >= 0.6 is 11.6 Å². The highest BCUT2D eigenvalue weighted by molar-refractivity contribution is 6.30. The lowest BCUT2D eigenvalue weighted by atomic mass is 10.1. The molecule has 0 aliphatic carbocycles. The number of anilines is 1. The molecule has 0 atom stereocenters. The number of hydrogen-bond acceptors (Lipinski definition) is 8. The summed E-state index contributed by atoms with van der Waals surface area (Å²) in [6.07, 6.45) is 2.16. The second kappa shape index (κ2) is 15.1. The number of Topliss-reactive ketones (excluding diaryl/α,β-unsaturated/α-hetero) is 1. The van der Waals surface area contributed by atoms with Crippen LogP contribution in [0.5, 0.6) is 0 Å². The van der Waals surface area contributed by atoms with Gasteiger partial charge in [-0.25, -0.2) is 4.79 Å². The van der Waals surface area contributed by atoms with Gasteiger partial charge in [0.1, 0.15) is 0 Å². The van der Waals surface area contributed by atoms with E-state index in [0.29, 0.717) is 40.5 Å². The van der Waals surface area contributed by atoms with Gasteiger partial charge in [-0.05, 0) is 72.5 Å². The number of amides is 1. The lowest BCUT2D eigenvalue weighted by molar-refractivity contribution is -0.142. The topological polar surface area (TPSA) is 114 Å². The van der Waals surface area contributed by atoms with Crippen LogP contribution in [0.15, 0.2) is 66.7 Å². The first kappa shape index (κ1) is 30.7. The maximum absolute atomic E-state index is 12.6. The standard InChI is InChI=1S/C32H34ClN3O6/c1-41-32(40)25-8-9-26(20-34-21-30(38)42-17-14-29(37)23-10-12-27(33)13-11-23)28(18-25)35-19-22-4-6-24(7-5-22)31(39)36-15-2-3-16-36/h4-13,18,34-35H,2-3,14-17,19-21H2,1H3. The smallest absolute Gasteiger partial charge is 0.337 e. The highest BCUT2D eigenvalue weighted by Crippen LogP contribution is 2.21. The van der Waals surface area contributed by atoms with E-state index in [0.717, 1.165) is 37.1 Å². The summed E-state index contributed by atoms with van der Waals surface area (Å²) in [5.41, 5.74) is 4.06. The minimum Gasteiger partial charge on any atom is -0.465 e. The van der Waals surface area contributed by atoms with E-state index in [1.807, 2.05) is 29.2 Å². The zero-order valence-corrected chi connectivity index (χ0v) is 24.2. The van der Waals surface area contributed by atoms with Crippen LogP contribution < -0.4 is 10.6 Å². The molecule has 0 bridgehead atoms. The Morgan fingerprint density at radius 1 is 0.857 bits per heavy atom. The second-order valence-corrected chi connectivity index (χ2v) is 10.4. The van der Waals surface area contributed by atoms with Gasteiger partial charge in [0.15, 0.2) is 5.78 Å². The summed E-state index contributed by atoms with van der Waals surface area (Å²) < 4.78 is 10.1. The molecular formula is C32H34ClN3O6. The van der Waals surface area contributed by atoms with Gasteiger partial charge in [-0.2, -0.15) is 0 Å². The molecule has 1 amide bonds. The number of rotatable bonds is 13. The molecule has 0 unspecified atom stereocenters. The molecule has 3 aromatic carbocycles. The number of benzene rings is 3. The first-order valence-electron chi connectivity index (χ1n) is 13.8. The van der Waals surface area contributed by atoms with Gasteiger partial charge in [0, 0.05) is 54.4 Å². The Hall–Kier alpha value is -4.21. The zero-order chi connectivity index (χ0) is 29.9. The first-order valence-corrected chi connectivity index (χ1v) is 14.2. The molecule has 2 N–H and O–H groups in total. The van der Waals surface area contributed by atoms with Crippen molar-refractivity contribution in [1.82, 2.24) is 10.2 Å². The van der Waals surface area contributed by atoms with Gasteiger partial charge in [0.25, 0.3) is 5.91 Å². The Labute approximate surface area is 250 Å². The van der Waals surface area contributed by atoms with E-state index in [2.05, 4.69) is 10.6 Å². The Morgan fingerprint density at radius 2 is 1.52 bits per heavy atom. The molecule has 1 saturated heterocycles. The van der Waals surface area contributed by atoms with Crippen LogP contribution in [0.1, 0.15) is 61.5 Å². The number of halogens is 1. The molecule has 1 aliphatic rings. The number of ketones is 1. The molecule has 4 rings (SSSR count). The van der Waals surface area contributed by atoms with E-state index >= 15 is 0 Å². The number of hydrogen-bond donors (Lipinski definition) is 2. The minimum atomic E-state index is -0.483. The lowest BCUT2D eigenvalue weighted by Crippen LogP contribution is -2.27. The van der Waals surface area contributed by atoms with E-state index < -0.39 is 11.9 Å². The summed E-state index contributed by atoms with van der Waals surface area (Å²) in [7, 11) is 1.32. The third-order valence-electron chi connectivity index (χ3n) is 6.95. The number of carbonyl (C=O) groups excluding carboxylic acids is 4. The number of nitrogens with one attached hydrogen (secondary N) is 2. The van der Waals surface area contributed by atoms with Gasteiger partial charge in [-0.3, -0.25) is 14.4 Å². The minimum absolute atomic E-state index is 0.0228. The van der Waals surface area contributed by atoms with Crippen LogP contribution in [0.3, 0.4) is 0 Å². The number of nitrogens with zero attached hydrogens (tertiary/aromatic N) is 1. The number of carbonyl (C=O) groups is 4. The van der Waals surface area contributed by atoms with Crippen LogP contribution in [0, 0.1) is 0 Å². The normalized spacial score (nSPS) is 12.6. The average Bonchev–Trinajstić information content (AvgIpc) is 3.55. The van der Waals surface area contributed by atoms with Crippen molar-refractivity contribution in [3.63, 3.8) is 0 Å².